The molecule has 0 amide bonds. The molecule has 1 aliphatic rings. The number of pyridine rings is 1. The molecule has 3 nitrogen and oxygen atoms in total. The van der Waals surface area contributed by atoms with Crippen molar-refractivity contribution in [2.24, 2.45) is 0 Å². The third-order valence-electron chi connectivity index (χ3n) is 4.48. The molecule has 1 saturated heterocycles. The normalized spacial score (nSPS) is 20.5. The van der Waals surface area contributed by atoms with Crippen LogP contribution in [0.1, 0.15) is 64.7 Å². The molecular weight excluding hydrogens is 330 g/mol. The number of hydrogen-bond donors (Lipinski definition) is 0. The highest BCUT2D eigenvalue weighted by atomic mass is 32.2. The Bertz CT molecular complexity index is 480. The van der Waals surface area contributed by atoms with Crippen LogP contribution >= 0.6 is 11.8 Å². The summed E-state index contributed by atoms with van der Waals surface area (Å²) in [6.07, 6.45) is 13.1. The molecule has 1 fully saturated rings. The topological polar surface area (TPSA) is 31.4 Å². The standard InChI is InChI=1S/C21H33NO2S/c1-3-4-5-6-7-8-12-18(2)17-24-19-13-11-16-23-21(19)25-20-14-9-10-15-22-20/h9-10,14-15,19,21H,2-8,11-13,16-17H2,1H3. The second kappa shape index (κ2) is 12.5. The van der Waals surface area contributed by atoms with Crippen LogP contribution in [0.3, 0.4) is 0 Å². The van der Waals surface area contributed by atoms with Gasteiger partial charge < -0.3 is 9.47 Å². The smallest absolute Gasteiger partial charge is 0.135 e. The minimum atomic E-state index is 0.0329. The Morgan fingerprint density at radius 3 is 2.92 bits per heavy atom. The average Bonchev–Trinajstić information content (AvgIpc) is 2.65. The molecule has 2 heterocycles. The Morgan fingerprint density at radius 1 is 1.28 bits per heavy atom. The zero-order valence-electron chi connectivity index (χ0n) is 15.6. The van der Waals surface area contributed by atoms with Gasteiger partial charge in [0.1, 0.15) is 5.44 Å². The van der Waals surface area contributed by atoms with Gasteiger partial charge in [0.05, 0.1) is 17.7 Å². The molecule has 140 valence electrons. The fourth-order valence-electron chi connectivity index (χ4n) is 2.99. The van der Waals surface area contributed by atoms with Crippen LogP contribution in [0.25, 0.3) is 0 Å². The summed E-state index contributed by atoms with van der Waals surface area (Å²) in [6, 6.07) is 5.97. The van der Waals surface area contributed by atoms with Gasteiger partial charge in [-0.05, 0) is 37.8 Å². The van der Waals surface area contributed by atoms with Crippen molar-refractivity contribution in [1.29, 1.82) is 0 Å². The Balaban J connectivity index is 1.66. The van der Waals surface area contributed by atoms with E-state index in [0.717, 1.165) is 30.9 Å². The van der Waals surface area contributed by atoms with E-state index in [-0.39, 0.29) is 11.5 Å². The molecule has 2 atom stereocenters. The van der Waals surface area contributed by atoms with Gasteiger partial charge in [-0.25, -0.2) is 4.98 Å². The van der Waals surface area contributed by atoms with Crippen molar-refractivity contribution in [3.05, 3.63) is 36.5 Å². The van der Waals surface area contributed by atoms with Crippen molar-refractivity contribution in [3.63, 3.8) is 0 Å². The Morgan fingerprint density at radius 2 is 2.12 bits per heavy atom. The highest BCUT2D eigenvalue weighted by Crippen LogP contribution is 2.31. The minimum absolute atomic E-state index is 0.0329. The zero-order valence-corrected chi connectivity index (χ0v) is 16.4. The number of nitrogens with zero attached hydrogens (tertiary/aromatic N) is 1. The summed E-state index contributed by atoms with van der Waals surface area (Å²) < 4.78 is 12.1. The molecule has 0 radical (unpaired) electrons. The van der Waals surface area contributed by atoms with Crippen molar-refractivity contribution < 1.29 is 9.47 Å². The molecule has 0 N–H and O–H groups in total. The summed E-state index contributed by atoms with van der Waals surface area (Å²) in [6.45, 7) is 7.92. The molecule has 1 aromatic heterocycles. The second-order valence-electron chi connectivity index (χ2n) is 6.78. The third-order valence-corrected chi connectivity index (χ3v) is 5.63. The maximum absolute atomic E-state index is 6.15. The van der Waals surface area contributed by atoms with E-state index in [9.17, 15) is 0 Å². The number of ether oxygens (including phenoxy) is 2. The first-order valence-electron chi connectivity index (χ1n) is 9.77. The highest BCUT2D eigenvalue weighted by molar-refractivity contribution is 7.99. The van der Waals surface area contributed by atoms with Gasteiger partial charge in [0.2, 0.25) is 0 Å². The van der Waals surface area contributed by atoms with E-state index in [4.69, 9.17) is 9.47 Å². The van der Waals surface area contributed by atoms with Crippen LogP contribution in [0.15, 0.2) is 41.6 Å². The molecule has 0 aromatic carbocycles. The second-order valence-corrected chi connectivity index (χ2v) is 7.90. The zero-order chi connectivity index (χ0) is 17.7. The summed E-state index contributed by atoms with van der Waals surface area (Å²) in [5.41, 5.74) is 1.24. The molecule has 2 rings (SSSR count). The Hall–Kier alpha value is -0.840. The largest absolute Gasteiger partial charge is 0.370 e. The number of aromatic nitrogens is 1. The number of hydrogen-bond acceptors (Lipinski definition) is 4. The quantitative estimate of drug-likeness (QED) is 0.336. The molecule has 0 aliphatic carbocycles. The molecular formula is C21H33NO2S. The van der Waals surface area contributed by atoms with Crippen molar-refractivity contribution in [1.82, 2.24) is 4.98 Å². The molecule has 0 saturated carbocycles. The fourth-order valence-corrected chi connectivity index (χ4v) is 4.03. The monoisotopic (exact) mass is 363 g/mol. The third kappa shape index (κ3) is 8.39. The van der Waals surface area contributed by atoms with Crippen LogP contribution < -0.4 is 0 Å². The van der Waals surface area contributed by atoms with E-state index in [0.29, 0.717) is 6.61 Å². The summed E-state index contributed by atoms with van der Waals surface area (Å²) in [5, 5.41) is 0.994. The van der Waals surface area contributed by atoms with Crippen LogP contribution in [0.4, 0.5) is 0 Å². The maximum atomic E-state index is 6.15. The Labute approximate surface area is 157 Å². The predicted molar refractivity (Wildman–Crippen MR) is 106 cm³/mol. The molecule has 2 unspecified atom stereocenters. The molecule has 1 aliphatic heterocycles. The van der Waals surface area contributed by atoms with Crippen LogP contribution in [-0.4, -0.2) is 29.7 Å². The van der Waals surface area contributed by atoms with E-state index in [1.54, 1.807) is 11.8 Å². The SMILES string of the molecule is C=C(CCCCCCCC)COC1CCCOC1Sc1ccccn1. The fraction of sp³-hybridized carbons (Fsp3) is 0.667. The van der Waals surface area contributed by atoms with Gasteiger partial charge in [0.25, 0.3) is 0 Å². The van der Waals surface area contributed by atoms with E-state index in [1.165, 1.54) is 44.1 Å². The molecule has 25 heavy (non-hydrogen) atoms. The first-order valence-corrected chi connectivity index (χ1v) is 10.6. The summed E-state index contributed by atoms with van der Waals surface area (Å²) >= 11 is 1.67. The van der Waals surface area contributed by atoms with Gasteiger partial charge in [-0.1, -0.05) is 69.0 Å². The number of thioether (sulfide) groups is 1. The van der Waals surface area contributed by atoms with Crippen molar-refractivity contribution in [2.45, 2.75) is 81.3 Å². The van der Waals surface area contributed by atoms with Crippen molar-refractivity contribution in [2.75, 3.05) is 13.2 Å². The predicted octanol–water partition coefficient (Wildman–Crippen LogP) is 6.00. The van der Waals surface area contributed by atoms with E-state index < -0.39 is 0 Å². The lowest BCUT2D eigenvalue weighted by Crippen LogP contribution is -2.34. The van der Waals surface area contributed by atoms with Gasteiger partial charge in [0.15, 0.2) is 0 Å². The summed E-state index contributed by atoms with van der Waals surface area (Å²) in [4.78, 5) is 4.38. The van der Waals surface area contributed by atoms with Crippen LogP contribution in [0.2, 0.25) is 0 Å². The summed E-state index contributed by atoms with van der Waals surface area (Å²) in [7, 11) is 0. The minimum Gasteiger partial charge on any atom is -0.370 e. The lowest BCUT2D eigenvalue weighted by molar-refractivity contribution is -0.0605. The average molecular weight is 364 g/mol. The number of rotatable bonds is 12. The van der Waals surface area contributed by atoms with Gasteiger partial charge in [-0.3, -0.25) is 0 Å². The van der Waals surface area contributed by atoms with Gasteiger partial charge in [-0.2, -0.15) is 0 Å². The van der Waals surface area contributed by atoms with Crippen LogP contribution in [0.5, 0.6) is 0 Å². The van der Waals surface area contributed by atoms with Crippen LogP contribution in [0, 0.1) is 0 Å². The molecule has 4 heteroatoms. The lowest BCUT2D eigenvalue weighted by atomic mass is 10.1. The van der Waals surface area contributed by atoms with Crippen molar-refractivity contribution in [3.8, 4) is 0 Å². The van der Waals surface area contributed by atoms with E-state index in [1.807, 2.05) is 24.4 Å². The Kier molecular flexibility index (Phi) is 10.2. The maximum Gasteiger partial charge on any atom is 0.135 e. The number of unbranched alkanes of at least 4 members (excludes halogenated alkanes) is 5. The first-order chi connectivity index (χ1) is 12.3. The van der Waals surface area contributed by atoms with Gasteiger partial charge in [-0.15, -0.1) is 0 Å². The lowest BCUT2D eigenvalue weighted by Gasteiger charge is -2.31. The van der Waals surface area contributed by atoms with E-state index >= 15 is 0 Å². The molecule has 0 spiro atoms. The summed E-state index contributed by atoms with van der Waals surface area (Å²) in [5.74, 6) is 0. The molecule has 1 aromatic rings. The van der Waals surface area contributed by atoms with Gasteiger partial charge in [0, 0.05) is 12.8 Å². The molecule has 0 bridgehead atoms. The van der Waals surface area contributed by atoms with Crippen molar-refractivity contribution >= 4 is 11.8 Å². The van der Waals surface area contributed by atoms with E-state index in [2.05, 4.69) is 18.5 Å². The van der Waals surface area contributed by atoms with Gasteiger partial charge >= 0.3 is 0 Å². The van der Waals surface area contributed by atoms with Crippen LogP contribution in [-0.2, 0) is 9.47 Å². The highest BCUT2D eigenvalue weighted by Gasteiger charge is 2.28. The first kappa shape index (κ1) is 20.5.